The van der Waals surface area contributed by atoms with Crippen LogP contribution in [0, 0.1) is 20.8 Å². The predicted octanol–water partition coefficient (Wildman–Crippen LogP) is 4.52. The van der Waals surface area contributed by atoms with E-state index in [-0.39, 0.29) is 0 Å². The topological polar surface area (TPSA) is 52.0 Å². The molecule has 21 heavy (non-hydrogen) atoms. The Morgan fingerprint density at radius 3 is 2.38 bits per heavy atom. The number of benzene rings is 2. The van der Waals surface area contributed by atoms with E-state index in [4.69, 9.17) is 10.3 Å². The molecular weight excluding hydrogens is 260 g/mol. The SMILES string of the molecule is Cc1ccc(C)c(-c2onc(N)c2-c2ccccc2C)c1. The van der Waals surface area contributed by atoms with E-state index in [1.54, 1.807) is 0 Å². The summed E-state index contributed by atoms with van der Waals surface area (Å²) in [6.07, 6.45) is 0. The third-order valence-electron chi connectivity index (χ3n) is 3.77. The molecule has 0 aliphatic rings. The molecule has 0 saturated heterocycles. The van der Waals surface area contributed by atoms with Crippen molar-refractivity contribution < 1.29 is 4.52 Å². The minimum Gasteiger partial charge on any atom is -0.380 e. The second-order valence-corrected chi connectivity index (χ2v) is 5.41. The van der Waals surface area contributed by atoms with E-state index in [2.05, 4.69) is 50.2 Å². The summed E-state index contributed by atoms with van der Waals surface area (Å²) in [7, 11) is 0. The van der Waals surface area contributed by atoms with Gasteiger partial charge in [-0.25, -0.2) is 0 Å². The van der Waals surface area contributed by atoms with Crippen LogP contribution in [-0.2, 0) is 0 Å². The average Bonchev–Trinajstić information content (AvgIpc) is 2.84. The molecule has 0 amide bonds. The first-order chi connectivity index (χ1) is 10.1. The second-order valence-electron chi connectivity index (χ2n) is 5.41. The monoisotopic (exact) mass is 278 g/mol. The molecule has 0 aliphatic carbocycles. The van der Waals surface area contributed by atoms with Crippen LogP contribution < -0.4 is 5.73 Å². The molecule has 0 radical (unpaired) electrons. The zero-order valence-corrected chi connectivity index (χ0v) is 12.5. The first-order valence-electron chi connectivity index (χ1n) is 6.96. The summed E-state index contributed by atoms with van der Waals surface area (Å²) < 4.78 is 5.55. The summed E-state index contributed by atoms with van der Waals surface area (Å²) in [5.41, 5.74) is 12.5. The normalized spacial score (nSPS) is 10.8. The van der Waals surface area contributed by atoms with E-state index >= 15 is 0 Å². The number of hydrogen-bond donors (Lipinski definition) is 1. The third-order valence-corrected chi connectivity index (χ3v) is 3.77. The molecule has 0 bridgehead atoms. The van der Waals surface area contributed by atoms with E-state index < -0.39 is 0 Å². The minimum atomic E-state index is 0.431. The van der Waals surface area contributed by atoms with Crippen LogP contribution in [0.3, 0.4) is 0 Å². The fourth-order valence-electron chi connectivity index (χ4n) is 2.58. The molecule has 2 N–H and O–H groups in total. The Morgan fingerprint density at radius 2 is 1.62 bits per heavy atom. The lowest BCUT2D eigenvalue weighted by molar-refractivity contribution is 0.436. The van der Waals surface area contributed by atoms with E-state index in [9.17, 15) is 0 Å². The van der Waals surface area contributed by atoms with Gasteiger partial charge in [0.15, 0.2) is 11.6 Å². The van der Waals surface area contributed by atoms with Crippen molar-refractivity contribution in [1.82, 2.24) is 5.16 Å². The van der Waals surface area contributed by atoms with Gasteiger partial charge in [-0.2, -0.15) is 0 Å². The molecule has 3 aromatic rings. The maximum Gasteiger partial charge on any atom is 0.177 e. The summed E-state index contributed by atoms with van der Waals surface area (Å²) >= 11 is 0. The average molecular weight is 278 g/mol. The highest BCUT2D eigenvalue weighted by Crippen LogP contribution is 2.39. The number of anilines is 1. The predicted molar refractivity (Wildman–Crippen MR) is 86.0 cm³/mol. The zero-order valence-electron chi connectivity index (χ0n) is 12.5. The van der Waals surface area contributed by atoms with Gasteiger partial charge in [0.1, 0.15) is 0 Å². The molecule has 2 aromatic carbocycles. The van der Waals surface area contributed by atoms with E-state index in [1.807, 2.05) is 18.2 Å². The maximum atomic E-state index is 6.06. The highest BCUT2D eigenvalue weighted by molar-refractivity contribution is 5.88. The Labute approximate surface area is 124 Å². The van der Waals surface area contributed by atoms with Gasteiger partial charge >= 0.3 is 0 Å². The number of hydrogen-bond acceptors (Lipinski definition) is 3. The van der Waals surface area contributed by atoms with Gasteiger partial charge in [0.2, 0.25) is 0 Å². The maximum absolute atomic E-state index is 6.06. The largest absolute Gasteiger partial charge is 0.380 e. The van der Waals surface area contributed by atoms with Crippen LogP contribution in [0.1, 0.15) is 16.7 Å². The highest BCUT2D eigenvalue weighted by Gasteiger charge is 2.20. The van der Waals surface area contributed by atoms with Gasteiger partial charge < -0.3 is 10.3 Å². The van der Waals surface area contributed by atoms with Crippen molar-refractivity contribution in [3.05, 3.63) is 59.2 Å². The summed E-state index contributed by atoms with van der Waals surface area (Å²) in [5, 5.41) is 3.98. The fraction of sp³-hybridized carbons (Fsp3) is 0.167. The fourth-order valence-corrected chi connectivity index (χ4v) is 2.58. The summed E-state index contributed by atoms with van der Waals surface area (Å²) in [6.45, 7) is 6.19. The van der Waals surface area contributed by atoms with Crippen molar-refractivity contribution in [2.24, 2.45) is 0 Å². The van der Waals surface area contributed by atoms with Crippen molar-refractivity contribution in [2.45, 2.75) is 20.8 Å². The van der Waals surface area contributed by atoms with E-state index in [0.29, 0.717) is 5.82 Å². The number of nitrogens with two attached hydrogens (primary N) is 1. The smallest absolute Gasteiger partial charge is 0.177 e. The van der Waals surface area contributed by atoms with Crippen molar-refractivity contribution in [3.63, 3.8) is 0 Å². The van der Waals surface area contributed by atoms with E-state index in [0.717, 1.165) is 33.6 Å². The molecule has 3 rings (SSSR count). The van der Waals surface area contributed by atoms with Crippen LogP contribution in [0.5, 0.6) is 0 Å². The Hall–Kier alpha value is -2.55. The summed E-state index contributed by atoms with van der Waals surface area (Å²) in [4.78, 5) is 0. The Kier molecular flexibility index (Phi) is 3.26. The lowest BCUT2D eigenvalue weighted by Gasteiger charge is -2.08. The van der Waals surface area contributed by atoms with Gasteiger partial charge in [0.05, 0.1) is 5.56 Å². The van der Waals surface area contributed by atoms with Crippen LogP contribution in [0.15, 0.2) is 47.0 Å². The lowest BCUT2D eigenvalue weighted by Crippen LogP contribution is -1.92. The van der Waals surface area contributed by atoms with Crippen molar-refractivity contribution in [1.29, 1.82) is 0 Å². The van der Waals surface area contributed by atoms with Crippen molar-refractivity contribution >= 4 is 5.82 Å². The van der Waals surface area contributed by atoms with Gasteiger partial charge in [-0.1, -0.05) is 47.1 Å². The van der Waals surface area contributed by atoms with Crippen LogP contribution >= 0.6 is 0 Å². The minimum absolute atomic E-state index is 0.431. The molecular formula is C18H18N2O. The first-order valence-corrected chi connectivity index (χ1v) is 6.96. The molecule has 106 valence electrons. The molecule has 3 nitrogen and oxygen atoms in total. The van der Waals surface area contributed by atoms with Crippen LogP contribution in [0.4, 0.5) is 5.82 Å². The molecule has 0 spiro atoms. The highest BCUT2D eigenvalue weighted by atomic mass is 16.5. The number of nitrogen functional groups attached to an aromatic ring is 1. The van der Waals surface area contributed by atoms with Gasteiger partial charge in [0.25, 0.3) is 0 Å². The standard InChI is InChI=1S/C18H18N2O/c1-11-8-9-13(3)15(10-11)17-16(18(19)20-21-17)14-7-5-4-6-12(14)2/h4-10H,1-3H3,(H2,19,20). The molecule has 0 atom stereocenters. The van der Waals surface area contributed by atoms with Gasteiger partial charge in [-0.15, -0.1) is 0 Å². The molecule has 0 unspecified atom stereocenters. The number of nitrogens with zero attached hydrogens (tertiary/aromatic N) is 1. The van der Waals surface area contributed by atoms with Crippen LogP contribution in [-0.4, -0.2) is 5.16 Å². The van der Waals surface area contributed by atoms with Crippen molar-refractivity contribution in [3.8, 4) is 22.5 Å². The van der Waals surface area contributed by atoms with Crippen LogP contribution in [0.2, 0.25) is 0 Å². The van der Waals surface area contributed by atoms with Gasteiger partial charge in [-0.05, 0) is 43.5 Å². The number of aromatic nitrogens is 1. The molecule has 0 saturated carbocycles. The summed E-state index contributed by atoms with van der Waals surface area (Å²) in [6, 6.07) is 14.4. The number of aryl methyl sites for hydroxylation is 3. The molecule has 1 aromatic heterocycles. The zero-order chi connectivity index (χ0) is 15.0. The summed E-state index contributed by atoms with van der Waals surface area (Å²) in [5.74, 6) is 1.17. The van der Waals surface area contributed by atoms with Crippen LogP contribution in [0.25, 0.3) is 22.5 Å². The van der Waals surface area contributed by atoms with Gasteiger partial charge in [0, 0.05) is 5.56 Å². The quantitative estimate of drug-likeness (QED) is 0.750. The third kappa shape index (κ3) is 2.31. The Morgan fingerprint density at radius 1 is 0.905 bits per heavy atom. The second kappa shape index (κ2) is 5.09. The molecule has 3 heteroatoms. The Balaban J connectivity index is 2.27. The van der Waals surface area contributed by atoms with Crippen molar-refractivity contribution in [2.75, 3.05) is 5.73 Å². The first kappa shape index (κ1) is 13.4. The Bertz CT molecular complexity index is 803. The lowest BCUT2D eigenvalue weighted by atomic mass is 9.95. The number of rotatable bonds is 2. The molecule has 1 heterocycles. The van der Waals surface area contributed by atoms with Gasteiger partial charge in [-0.3, -0.25) is 0 Å². The molecule has 0 aliphatic heterocycles. The van der Waals surface area contributed by atoms with E-state index in [1.165, 1.54) is 5.56 Å². The molecule has 0 fully saturated rings.